The third-order valence-corrected chi connectivity index (χ3v) is 3.54. The zero-order chi connectivity index (χ0) is 12.7. The molecule has 2 amide bonds. The minimum Gasteiger partial charge on any atom is -0.370 e. The summed E-state index contributed by atoms with van der Waals surface area (Å²) in [6.45, 7) is 0.459. The van der Waals surface area contributed by atoms with Crippen LogP contribution in [0.15, 0.2) is 22.0 Å². The highest BCUT2D eigenvalue weighted by molar-refractivity contribution is 9.10. The van der Waals surface area contributed by atoms with E-state index >= 15 is 0 Å². The first kappa shape index (κ1) is 13.9. The summed E-state index contributed by atoms with van der Waals surface area (Å²) in [4.78, 5) is 22.8. The molecule has 92 valence electrons. The van der Waals surface area contributed by atoms with Crippen molar-refractivity contribution in [1.29, 1.82) is 0 Å². The first-order chi connectivity index (χ1) is 8.08. The molecule has 0 aliphatic carbocycles. The lowest BCUT2D eigenvalue weighted by atomic mass is 10.3. The van der Waals surface area contributed by atoms with Crippen LogP contribution >= 0.6 is 27.3 Å². The van der Waals surface area contributed by atoms with E-state index in [9.17, 15) is 9.59 Å². The van der Waals surface area contributed by atoms with Gasteiger partial charge in [-0.1, -0.05) is 0 Å². The van der Waals surface area contributed by atoms with Gasteiger partial charge in [0, 0.05) is 33.8 Å². The molecule has 0 aliphatic heterocycles. The van der Waals surface area contributed by atoms with Crippen molar-refractivity contribution >= 4 is 45.2 Å². The average molecular weight is 317 g/mol. The zero-order valence-corrected chi connectivity index (χ0v) is 11.5. The van der Waals surface area contributed by atoms with Gasteiger partial charge < -0.3 is 11.1 Å². The summed E-state index contributed by atoms with van der Waals surface area (Å²) in [6.07, 6.45) is 4.09. The minimum atomic E-state index is -0.349. The molecule has 0 atom stereocenters. The molecule has 1 heterocycles. The van der Waals surface area contributed by atoms with Gasteiger partial charge in [-0.3, -0.25) is 9.59 Å². The SMILES string of the molecule is NC(=O)CCCNC(=O)/C=C/c1cc(Br)cs1. The second-order valence-corrected chi connectivity index (χ2v) is 5.22. The molecular formula is C11H13BrN2O2S. The van der Waals surface area contributed by atoms with Gasteiger partial charge in [0.2, 0.25) is 11.8 Å². The fraction of sp³-hybridized carbons (Fsp3) is 0.273. The maximum Gasteiger partial charge on any atom is 0.244 e. The summed E-state index contributed by atoms with van der Waals surface area (Å²) in [5, 5.41) is 4.62. The van der Waals surface area contributed by atoms with E-state index < -0.39 is 0 Å². The van der Waals surface area contributed by atoms with Crippen molar-refractivity contribution < 1.29 is 9.59 Å². The number of amides is 2. The average Bonchev–Trinajstić information content (AvgIpc) is 2.67. The zero-order valence-electron chi connectivity index (χ0n) is 9.11. The molecule has 0 saturated heterocycles. The summed E-state index contributed by atoms with van der Waals surface area (Å²) in [5.74, 6) is -0.516. The van der Waals surface area contributed by atoms with E-state index in [4.69, 9.17) is 5.73 Å². The molecule has 1 aromatic rings. The second-order valence-electron chi connectivity index (χ2n) is 3.36. The summed E-state index contributed by atoms with van der Waals surface area (Å²) in [6, 6.07) is 1.93. The number of carbonyl (C=O) groups excluding carboxylic acids is 2. The largest absolute Gasteiger partial charge is 0.370 e. The van der Waals surface area contributed by atoms with E-state index in [0.717, 1.165) is 9.35 Å². The maximum absolute atomic E-state index is 11.3. The molecule has 0 bridgehead atoms. The van der Waals surface area contributed by atoms with E-state index in [1.807, 2.05) is 11.4 Å². The van der Waals surface area contributed by atoms with Crippen molar-refractivity contribution in [2.75, 3.05) is 6.54 Å². The predicted molar refractivity (Wildman–Crippen MR) is 72.5 cm³/mol. The van der Waals surface area contributed by atoms with Crippen LogP contribution in [-0.4, -0.2) is 18.4 Å². The Kier molecular flexibility index (Phi) is 5.93. The van der Waals surface area contributed by atoms with Crippen LogP contribution in [-0.2, 0) is 9.59 Å². The van der Waals surface area contributed by atoms with Crippen molar-refractivity contribution in [3.05, 3.63) is 26.9 Å². The number of carbonyl (C=O) groups is 2. The molecule has 3 N–H and O–H groups in total. The Labute approximate surface area is 112 Å². The number of nitrogens with one attached hydrogen (secondary N) is 1. The third kappa shape index (κ3) is 6.23. The molecular weight excluding hydrogens is 304 g/mol. The van der Waals surface area contributed by atoms with Crippen LogP contribution in [0.2, 0.25) is 0 Å². The van der Waals surface area contributed by atoms with Crippen LogP contribution in [0, 0.1) is 0 Å². The molecule has 0 aliphatic rings. The van der Waals surface area contributed by atoms with Gasteiger partial charge in [0.15, 0.2) is 0 Å². The van der Waals surface area contributed by atoms with E-state index in [2.05, 4.69) is 21.2 Å². The van der Waals surface area contributed by atoms with Crippen LogP contribution in [0.25, 0.3) is 6.08 Å². The summed E-state index contributed by atoms with van der Waals surface area (Å²) < 4.78 is 1.00. The van der Waals surface area contributed by atoms with Crippen molar-refractivity contribution in [2.45, 2.75) is 12.8 Å². The lowest BCUT2D eigenvalue weighted by Gasteiger charge is -1.99. The van der Waals surface area contributed by atoms with Gasteiger partial charge in [0.05, 0.1) is 0 Å². The molecule has 0 fully saturated rings. The number of halogens is 1. The highest BCUT2D eigenvalue weighted by Gasteiger charge is 1.98. The molecule has 0 saturated carbocycles. The Morgan fingerprint density at radius 2 is 2.29 bits per heavy atom. The first-order valence-corrected chi connectivity index (χ1v) is 6.73. The molecule has 0 spiro atoms. The van der Waals surface area contributed by atoms with Gasteiger partial charge in [-0.2, -0.15) is 0 Å². The Hall–Kier alpha value is -1.14. The number of rotatable bonds is 6. The first-order valence-electron chi connectivity index (χ1n) is 5.06. The quantitative estimate of drug-likeness (QED) is 0.621. The lowest BCUT2D eigenvalue weighted by Crippen LogP contribution is -2.23. The molecule has 6 heteroatoms. The van der Waals surface area contributed by atoms with E-state index in [1.54, 1.807) is 17.4 Å². The Morgan fingerprint density at radius 3 is 2.88 bits per heavy atom. The Bertz CT molecular complexity index is 429. The van der Waals surface area contributed by atoms with Gasteiger partial charge in [0.1, 0.15) is 0 Å². The van der Waals surface area contributed by atoms with E-state index in [0.29, 0.717) is 19.4 Å². The fourth-order valence-corrected chi connectivity index (χ4v) is 2.44. The summed E-state index contributed by atoms with van der Waals surface area (Å²) in [5.41, 5.74) is 4.98. The molecule has 0 aromatic carbocycles. The Balaban J connectivity index is 2.25. The van der Waals surface area contributed by atoms with Crippen molar-refractivity contribution in [3.8, 4) is 0 Å². The maximum atomic E-state index is 11.3. The second kappa shape index (κ2) is 7.24. The molecule has 0 unspecified atom stereocenters. The van der Waals surface area contributed by atoms with Crippen LogP contribution < -0.4 is 11.1 Å². The van der Waals surface area contributed by atoms with Gasteiger partial charge in [-0.15, -0.1) is 11.3 Å². The predicted octanol–water partition coefficient (Wildman–Crippen LogP) is 1.91. The van der Waals surface area contributed by atoms with Crippen LogP contribution in [0.5, 0.6) is 0 Å². The van der Waals surface area contributed by atoms with Crippen LogP contribution in [0.1, 0.15) is 17.7 Å². The minimum absolute atomic E-state index is 0.168. The smallest absolute Gasteiger partial charge is 0.244 e. The monoisotopic (exact) mass is 316 g/mol. The van der Waals surface area contributed by atoms with Crippen molar-refractivity contribution in [3.63, 3.8) is 0 Å². The highest BCUT2D eigenvalue weighted by atomic mass is 79.9. The van der Waals surface area contributed by atoms with Crippen LogP contribution in [0.4, 0.5) is 0 Å². The number of thiophene rings is 1. The molecule has 0 radical (unpaired) electrons. The summed E-state index contributed by atoms with van der Waals surface area (Å²) in [7, 11) is 0. The van der Waals surface area contributed by atoms with E-state index in [-0.39, 0.29) is 11.8 Å². The molecule has 1 rings (SSSR count). The number of hydrogen-bond donors (Lipinski definition) is 2. The topological polar surface area (TPSA) is 72.2 Å². The van der Waals surface area contributed by atoms with Crippen molar-refractivity contribution in [1.82, 2.24) is 5.32 Å². The molecule has 17 heavy (non-hydrogen) atoms. The fourth-order valence-electron chi connectivity index (χ4n) is 1.11. The number of nitrogens with two attached hydrogens (primary N) is 1. The lowest BCUT2D eigenvalue weighted by molar-refractivity contribution is -0.119. The van der Waals surface area contributed by atoms with Gasteiger partial charge in [0.25, 0.3) is 0 Å². The number of primary amides is 1. The van der Waals surface area contributed by atoms with Crippen molar-refractivity contribution in [2.24, 2.45) is 5.73 Å². The third-order valence-electron chi connectivity index (χ3n) is 1.89. The van der Waals surface area contributed by atoms with Gasteiger partial charge >= 0.3 is 0 Å². The van der Waals surface area contributed by atoms with Crippen LogP contribution in [0.3, 0.4) is 0 Å². The standard InChI is InChI=1S/C11H13BrN2O2S/c12-8-6-9(17-7-8)3-4-11(16)14-5-1-2-10(13)15/h3-4,6-7H,1-2,5H2,(H2,13,15)(H,14,16)/b4-3+. The van der Waals surface area contributed by atoms with Gasteiger partial charge in [-0.05, 0) is 34.5 Å². The Morgan fingerprint density at radius 1 is 1.53 bits per heavy atom. The molecule has 4 nitrogen and oxygen atoms in total. The van der Waals surface area contributed by atoms with E-state index in [1.165, 1.54) is 6.08 Å². The normalized spacial score (nSPS) is 10.6. The molecule has 1 aromatic heterocycles. The number of hydrogen-bond acceptors (Lipinski definition) is 3. The highest BCUT2D eigenvalue weighted by Crippen LogP contribution is 2.20. The van der Waals surface area contributed by atoms with Gasteiger partial charge in [-0.25, -0.2) is 0 Å². The summed E-state index contributed by atoms with van der Waals surface area (Å²) >= 11 is 4.89.